The normalized spacial score (nSPS) is 27.5. The van der Waals surface area contributed by atoms with Crippen LogP contribution in [0.25, 0.3) is 0 Å². The van der Waals surface area contributed by atoms with Crippen molar-refractivity contribution in [2.24, 2.45) is 0 Å². The molecule has 1 fully saturated rings. The predicted molar refractivity (Wildman–Crippen MR) is 55.2 cm³/mol. The zero-order valence-corrected chi connectivity index (χ0v) is 9.98. The highest BCUT2D eigenvalue weighted by Gasteiger charge is 2.47. The number of alkyl halides is 2. The SMILES string of the molecule is C=C1CC(CBr)(C(=O)CBr)OC1=O. The average molecular weight is 312 g/mol. The maximum absolute atomic E-state index is 11.5. The zero-order chi connectivity index (χ0) is 10.1. The van der Waals surface area contributed by atoms with E-state index >= 15 is 0 Å². The molecule has 1 saturated heterocycles. The molecule has 1 aliphatic rings. The molecule has 1 rings (SSSR count). The summed E-state index contributed by atoms with van der Waals surface area (Å²) in [6.07, 6.45) is 0.279. The van der Waals surface area contributed by atoms with Crippen molar-refractivity contribution in [2.45, 2.75) is 12.0 Å². The lowest BCUT2D eigenvalue weighted by Gasteiger charge is -2.21. The molecular formula is C8H8Br2O3. The smallest absolute Gasteiger partial charge is 0.334 e. The van der Waals surface area contributed by atoms with Gasteiger partial charge in [-0.1, -0.05) is 38.4 Å². The average Bonchev–Trinajstić information content (AvgIpc) is 2.42. The summed E-state index contributed by atoms with van der Waals surface area (Å²) in [5.41, 5.74) is -0.675. The molecule has 0 radical (unpaired) electrons. The molecule has 3 nitrogen and oxygen atoms in total. The largest absolute Gasteiger partial charge is 0.446 e. The molecule has 1 unspecified atom stereocenters. The fourth-order valence-corrected chi connectivity index (χ4v) is 2.27. The summed E-state index contributed by atoms with van der Waals surface area (Å²) in [6.45, 7) is 3.53. The number of carbonyl (C=O) groups is 2. The summed E-state index contributed by atoms with van der Waals surface area (Å²) < 4.78 is 5.00. The molecule has 0 bridgehead atoms. The van der Waals surface area contributed by atoms with Crippen molar-refractivity contribution in [3.63, 3.8) is 0 Å². The minimum atomic E-state index is -1.03. The molecule has 0 aromatic heterocycles. The predicted octanol–water partition coefficient (Wildman–Crippen LogP) is 1.59. The van der Waals surface area contributed by atoms with Crippen LogP contribution in [0.1, 0.15) is 6.42 Å². The summed E-state index contributed by atoms with van der Waals surface area (Å²) in [4.78, 5) is 22.5. The number of esters is 1. The molecule has 1 heterocycles. The van der Waals surface area contributed by atoms with E-state index < -0.39 is 11.6 Å². The maximum Gasteiger partial charge on any atom is 0.334 e. The van der Waals surface area contributed by atoms with Gasteiger partial charge in [-0.3, -0.25) is 4.79 Å². The Kier molecular flexibility index (Phi) is 3.29. The third-order valence-corrected chi connectivity index (χ3v) is 3.34. The van der Waals surface area contributed by atoms with Gasteiger partial charge in [0.05, 0.1) is 10.7 Å². The van der Waals surface area contributed by atoms with Gasteiger partial charge in [-0.2, -0.15) is 0 Å². The van der Waals surface area contributed by atoms with E-state index in [2.05, 4.69) is 38.4 Å². The van der Waals surface area contributed by atoms with Crippen molar-refractivity contribution in [1.29, 1.82) is 0 Å². The number of ketones is 1. The van der Waals surface area contributed by atoms with Crippen molar-refractivity contribution in [1.82, 2.24) is 0 Å². The van der Waals surface area contributed by atoms with Gasteiger partial charge >= 0.3 is 5.97 Å². The lowest BCUT2D eigenvalue weighted by atomic mass is 9.96. The molecule has 0 aromatic carbocycles. The van der Waals surface area contributed by atoms with Gasteiger partial charge in [0.1, 0.15) is 0 Å². The van der Waals surface area contributed by atoms with Crippen molar-refractivity contribution in [2.75, 3.05) is 10.7 Å². The van der Waals surface area contributed by atoms with E-state index in [0.29, 0.717) is 10.9 Å². The number of rotatable bonds is 3. The first kappa shape index (κ1) is 10.9. The summed E-state index contributed by atoms with van der Waals surface area (Å²) in [7, 11) is 0. The number of Topliss-reactive ketones (excluding diaryl/α,β-unsaturated/α-hetero) is 1. The van der Waals surface area contributed by atoms with E-state index in [0.717, 1.165) is 0 Å². The van der Waals surface area contributed by atoms with Crippen LogP contribution in [0.3, 0.4) is 0 Å². The fraction of sp³-hybridized carbons (Fsp3) is 0.500. The lowest BCUT2D eigenvalue weighted by Crippen LogP contribution is -2.41. The standard InChI is InChI=1S/C8H8Br2O3/c1-5-2-8(4-10,6(11)3-9)13-7(5)12/h1-4H2. The summed E-state index contributed by atoms with van der Waals surface area (Å²) >= 11 is 6.22. The quantitative estimate of drug-likeness (QED) is 0.451. The third-order valence-electron chi connectivity index (χ3n) is 1.92. The molecule has 0 aliphatic carbocycles. The molecule has 1 atom stereocenters. The van der Waals surface area contributed by atoms with Gasteiger partial charge in [-0.15, -0.1) is 0 Å². The fourth-order valence-electron chi connectivity index (χ4n) is 1.13. The first-order valence-corrected chi connectivity index (χ1v) is 5.86. The highest BCUT2D eigenvalue weighted by atomic mass is 79.9. The van der Waals surface area contributed by atoms with Crippen LogP contribution in [0.5, 0.6) is 0 Å². The number of ether oxygens (including phenoxy) is 1. The third kappa shape index (κ3) is 1.86. The lowest BCUT2D eigenvalue weighted by molar-refractivity contribution is -0.152. The van der Waals surface area contributed by atoms with Crippen LogP contribution in [-0.2, 0) is 14.3 Å². The molecule has 0 saturated carbocycles. The molecule has 0 amide bonds. The second-order valence-corrected chi connectivity index (χ2v) is 3.98. The Hall–Kier alpha value is -0.160. The maximum atomic E-state index is 11.5. The number of hydrogen-bond donors (Lipinski definition) is 0. The van der Waals surface area contributed by atoms with Crippen LogP contribution in [0.2, 0.25) is 0 Å². The zero-order valence-electron chi connectivity index (χ0n) is 6.81. The number of cyclic esters (lactones) is 1. The molecular weight excluding hydrogens is 304 g/mol. The minimum Gasteiger partial charge on any atom is -0.446 e. The Balaban J connectivity index is 2.91. The Morgan fingerprint density at radius 1 is 1.62 bits per heavy atom. The van der Waals surface area contributed by atoms with Gasteiger partial charge in [0, 0.05) is 12.0 Å². The van der Waals surface area contributed by atoms with Crippen LogP contribution < -0.4 is 0 Å². The van der Waals surface area contributed by atoms with Gasteiger partial charge in [0.2, 0.25) is 0 Å². The molecule has 0 spiro atoms. The van der Waals surface area contributed by atoms with Gasteiger partial charge in [0.15, 0.2) is 11.4 Å². The molecule has 5 heteroatoms. The first-order valence-electron chi connectivity index (χ1n) is 3.62. The number of hydrogen-bond acceptors (Lipinski definition) is 3. The molecule has 0 N–H and O–H groups in total. The summed E-state index contributed by atoms with van der Waals surface area (Å²) in [5.74, 6) is -0.620. The van der Waals surface area contributed by atoms with Gasteiger partial charge < -0.3 is 4.74 Å². The number of halogens is 2. The second kappa shape index (κ2) is 3.92. The summed E-state index contributed by atoms with van der Waals surface area (Å²) in [5, 5.41) is 0.494. The van der Waals surface area contributed by atoms with Crippen LogP contribution in [0.4, 0.5) is 0 Å². The van der Waals surface area contributed by atoms with Crippen LogP contribution >= 0.6 is 31.9 Å². The minimum absolute atomic E-state index is 0.142. The molecule has 72 valence electrons. The van der Waals surface area contributed by atoms with E-state index in [-0.39, 0.29) is 17.5 Å². The summed E-state index contributed by atoms with van der Waals surface area (Å²) in [6, 6.07) is 0. The van der Waals surface area contributed by atoms with E-state index in [1.807, 2.05) is 0 Å². The first-order chi connectivity index (χ1) is 6.05. The Bertz CT molecular complexity index is 257. The molecule has 0 aromatic rings. The molecule has 13 heavy (non-hydrogen) atoms. The highest BCUT2D eigenvalue weighted by Crippen LogP contribution is 2.32. The van der Waals surface area contributed by atoms with E-state index in [4.69, 9.17) is 4.74 Å². The molecule has 1 aliphatic heterocycles. The van der Waals surface area contributed by atoms with Crippen LogP contribution in [-0.4, -0.2) is 28.0 Å². The van der Waals surface area contributed by atoms with Crippen molar-refractivity contribution in [3.05, 3.63) is 12.2 Å². The van der Waals surface area contributed by atoms with Crippen molar-refractivity contribution in [3.8, 4) is 0 Å². The van der Waals surface area contributed by atoms with E-state index in [1.54, 1.807) is 0 Å². The van der Waals surface area contributed by atoms with Gasteiger partial charge in [-0.05, 0) is 0 Å². The Morgan fingerprint density at radius 3 is 2.54 bits per heavy atom. The van der Waals surface area contributed by atoms with Gasteiger partial charge in [-0.25, -0.2) is 4.79 Å². The van der Waals surface area contributed by atoms with Gasteiger partial charge in [0.25, 0.3) is 0 Å². The Morgan fingerprint density at radius 2 is 2.23 bits per heavy atom. The van der Waals surface area contributed by atoms with Crippen LogP contribution in [0.15, 0.2) is 12.2 Å². The second-order valence-electron chi connectivity index (χ2n) is 2.85. The van der Waals surface area contributed by atoms with E-state index in [1.165, 1.54) is 0 Å². The van der Waals surface area contributed by atoms with Crippen LogP contribution in [0, 0.1) is 0 Å². The highest BCUT2D eigenvalue weighted by molar-refractivity contribution is 9.09. The van der Waals surface area contributed by atoms with Crippen molar-refractivity contribution < 1.29 is 14.3 Å². The topological polar surface area (TPSA) is 43.4 Å². The number of carbonyl (C=O) groups excluding carboxylic acids is 2. The van der Waals surface area contributed by atoms with Crippen molar-refractivity contribution >= 4 is 43.6 Å². The monoisotopic (exact) mass is 310 g/mol. The van der Waals surface area contributed by atoms with E-state index in [9.17, 15) is 9.59 Å². The Labute approximate surface area is 92.8 Å².